The highest BCUT2D eigenvalue weighted by Gasteiger charge is 2.27. The van der Waals surface area contributed by atoms with Crippen LogP contribution in [-0.2, 0) is 6.54 Å². The van der Waals surface area contributed by atoms with E-state index in [9.17, 15) is 4.79 Å². The van der Waals surface area contributed by atoms with Crippen LogP contribution in [0.3, 0.4) is 0 Å². The zero-order chi connectivity index (χ0) is 19.5. The van der Waals surface area contributed by atoms with E-state index in [4.69, 9.17) is 21.9 Å². The molecule has 3 heterocycles. The Morgan fingerprint density at radius 2 is 2.00 bits per heavy atom. The van der Waals surface area contributed by atoms with Crippen molar-refractivity contribution < 1.29 is 9.32 Å². The first kappa shape index (κ1) is 19.0. The van der Waals surface area contributed by atoms with Crippen LogP contribution in [0.4, 0.5) is 5.88 Å². The van der Waals surface area contributed by atoms with Gasteiger partial charge in [-0.2, -0.15) is 0 Å². The van der Waals surface area contributed by atoms with Gasteiger partial charge in [0.25, 0.3) is 5.91 Å². The summed E-state index contributed by atoms with van der Waals surface area (Å²) in [5.74, 6) is -0.224. The summed E-state index contributed by atoms with van der Waals surface area (Å²) >= 11 is 7.33. The molecule has 1 aliphatic rings. The Labute approximate surface area is 172 Å². The molecule has 8 heteroatoms. The monoisotopic (exact) mass is 416 g/mol. The fraction of sp³-hybridized carbons (Fsp3) is 0.300. The van der Waals surface area contributed by atoms with Crippen molar-refractivity contribution in [1.82, 2.24) is 15.4 Å². The van der Waals surface area contributed by atoms with E-state index < -0.39 is 0 Å². The SMILES string of the molecule is Nc1onc(-c2ccc(Cl)s2)c1C(=O)NC1CCN(Cc2ccccc2)CC1. The molecular formula is C20H21ClN4O2S. The molecule has 3 N–H and O–H groups in total. The molecule has 28 heavy (non-hydrogen) atoms. The molecule has 146 valence electrons. The Morgan fingerprint density at radius 3 is 2.68 bits per heavy atom. The first-order chi connectivity index (χ1) is 13.6. The van der Waals surface area contributed by atoms with Gasteiger partial charge in [0.2, 0.25) is 5.88 Å². The molecule has 1 aliphatic heterocycles. The molecule has 1 amide bonds. The number of carbonyl (C=O) groups excluding carboxylic acids is 1. The van der Waals surface area contributed by atoms with Crippen molar-refractivity contribution in [3.63, 3.8) is 0 Å². The fourth-order valence-electron chi connectivity index (χ4n) is 3.47. The van der Waals surface area contributed by atoms with E-state index in [1.165, 1.54) is 16.9 Å². The Bertz CT molecular complexity index is 948. The third-order valence-electron chi connectivity index (χ3n) is 4.92. The fourth-order valence-corrected chi connectivity index (χ4v) is 4.50. The second-order valence-corrected chi connectivity index (χ2v) is 8.60. The number of piperidine rings is 1. The maximum Gasteiger partial charge on any atom is 0.259 e. The first-order valence-corrected chi connectivity index (χ1v) is 10.4. The van der Waals surface area contributed by atoms with E-state index in [1.807, 2.05) is 12.1 Å². The number of anilines is 1. The van der Waals surface area contributed by atoms with Crippen LogP contribution in [0.25, 0.3) is 10.6 Å². The molecule has 4 rings (SSSR count). The molecule has 0 bridgehead atoms. The summed E-state index contributed by atoms with van der Waals surface area (Å²) in [6, 6.07) is 14.1. The molecule has 1 aromatic carbocycles. The van der Waals surface area contributed by atoms with E-state index in [-0.39, 0.29) is 23.4 Å². The van der Waals surface area contributed by atoms with Crippen molar-refractivity contribution in [3.05, 3.63) is 57.9 Å². The Hall–Kier alpha value is -2.35. The van der Waals surface area contributed by atoms with Crippen molar-refractivity contribution in [3.8, 4) is 10.6 Å². The largest absolute Gasteiger partial charge is 0.367 e. The van der Waals surface area contributed by atoms with Gasteiger partial charge in [0.1, 0.15) is 11.3 Å². The second-order valence-electron chi connectivity index (χ2n) is 6.88. The van der Waals surface area contributed by atoms with Crippen molar-refractivity contribution >= 4 is 34.7 Å². The zero-order valence-corrected chi connectivity index (χ0v) is 16.8. The van der Waals surface area contributed by atoms with Crippen LogP contribution in [0.2, 0.25) is 4.34 Å². The lowest BCUT2D eigenvalue weighted by Gasteiger charge is -2.32. The lowest BCUT2D eigenvalue weighted by molar-refractivity contribution is 0.0910. The highest BCUT2D eigenvalue weighted by Crippen LogP contribution is 2.34. The van der Waals surface area contributed by atoms with Gasteiger partial charge in [-0.05, 0) is 30.5 Å². The molecule has 0 saturated carbocycles. The molecule has 1 saturated heterocycles. The summed E-state index contributed by atoms with van der Waals surface area (Å²) in [5, 5.41) is 7.04. The Balaban J connectivity index is 1.37. The standard InChI is InChI=1S/C20H21ClN4O2S/c21-16-7-6-15(28-16)18-17(19(22)27-24-18)20(26)23-14-8-10-25(11-9-14)12-13-4-2-1-3-5-13/h1-7,14H,8-12,22H2,(H,23,26). The smallest absolute Gasteiger partial charge is 0.259 e. The van der Waals surface area contributed by atoms with Crippen molar-refractivity contribution in [2.24, 2.45) is 0 Å². The van der Waals surface area contributed by atoms with E-state index >= 15 is 0 Å². The Morgan fingerprint density at radius 1 is 1.25 bits per heavy atom. The lowest BCUT2D eigenvalue weighted by Crippen LogP contribution is -2.44. The quantitative estimate of drug-likeness (QED) is 0.655. The topological polar surface area (TPSA) is 84.4 Å². The van der Waals surface area contributed by atoms with Crippen molar-refractivity contribution in [1.29, 1.82) is 0 Å². The van der Waals surface area contributed by atoms with Crippen LogP contribution in [0, 0.1) is 0 Å². The van der Waals surface area contributed by atoms with E-state index in [0.29, 0.717) is 10.0 Å². The summed E-state index contributed by atoms with van der Waals surface area (Å²) in [5.41, 5.74) is 7.90. The number of rotatable bonds is 5. The van der Waals surface area contributed by atoms with Gasteiger partial charge in [0.05, 0.1) is 9.21 Å². The van der Waals surface area contributed by atoms with Gasteiger partial charge < -0.3 is 15.6 Å². The van der Waals surface area contributed by atoms with Crippen LogP contribution in [-0.4, -0.2) is 35.1 Å². The minimum absolute atomic E-state index is 0.0264. The predicted molar refractivity (Wildman–Crippen MR) is 111 cm³/mol. The van der Waals surface area contributed by atoms with E-state index in [2.05, 4.69) is 39.6 Å². The summed E-state index contributed by atoms with van der Waals surface area (Å²) in [7, 11) is 0. The third kappa shape index (κ3) is 4.22. The minimum Gasteiger partial charge on any atom is -0.367 e. The zero-order valence-electron chi connectivity index (χ0n) is 15.2. The molecule has 0 radical (unpaired) electrons. The number of nitrogens with zero attached hydrogens (tertiary/aromatic N) is 2. The minimum atomic E-state index is -0.250. The van der Waals surface area contributed by atoms with Crippen LogP contribution in [0.5, 0.6) is 0 Å². The average molecular weight is 417 g/mol. The number of likely N-dealkylation sites (tertiary alicyclic amines) is 1. The maximum absolute atomic E-state index is 12.8. The molecule has 1 fully saturated rings. The summed E-state index contributed by atoms with van der Waals surface area (Å²) in [4.78, 5) is 16.0. The van der Waals surface area contributed by atoms with E-state index in [0.717, 1.165) is 37.4 Å². The van der Waals surface area contributed by atoms with Gasteiger partial charge >= 0.3 is 0 Å². The van der Waals surface area contributed by atoms with Gasteiger partial charge in [-0.1, -0.05) is 47.1 Å². The van der Waals surface area contributed by atoms with Crippen molar-refractivity contribution in [2.75, 3.05) is 18.8 Å². The number of nitrogens with one attached hydrogen (secondary N) is 1. The number of benzene rings is 1. The van der Waals surface area contributed by atoms with Gasteiger partial charge in [-0.15, -0.1) is 11.3 Å². The van der Waals surface area contributed by atoms with Gasteiger partial charge in [0, 0.05) is 25.7 Å². The molecule has 0 unspecified atom stereocenters. The molecule has 0 aliphatic carbocycles. The number of aromatic nitrogens is 1. The van der Waals surface area contributed by atoms with Crippen LogP contribution < -0.4 is 11.1 Å². The maximum atomic E-state index is 12.8. The molecule has 0 atom stereocenters. The number of thiophene rings is 1. The van der Waals surface area contributed by atoms with Gasteiger partial charge in [-0.3, -0.25) is 9.69 Å². The molecule has 0 spiro atoms. The summed E-state index contributed by atoms with van der Waals surface area (Å²) in [6.07, 6.45) is 1.79. The molecule has 6 nitrogen and oxygen atoms in total. The predicted octanol–water partition coefficient (Wildman–Crippen LogP) is 4.03. The molecule has 3 aromatic rings. The summed E-state index contributed by atoms with van der Waals surface area (Å²) in [6.45, 7) is 2.81. The number of halogens is 1. The van der Waals surface area contributed by atoms with Crippen molar-refractivity contribution in [2.45, 2.75) is 25.4 Å². The number of carbonyl (C=O) groups is 1. The van der Waals surface area contributed by atoms with Crippen LogP contribution >= 0.6 is 22.9 Å². The molecule has 2 aromatic heterocycles. The highest BCUT2D eigenvalue weighted by atomic mass is 35.5. The number of nitrogen functional groups attached to an aromatic ring is 1. The number of amides is 1. The second kappa shape index (κ2) is 8.34. The number of nitrogens with two attached hydrogens (primary N) is 1. The molecular weight excluding hydrogens is 396 g/mol. The third-order valence-corrected chi connectivity index (χ3v) is 6.16. The first-order valence-electron chi connectivity index (χ1n) is 9.18. The van der Waals surface area contributed by atoms with Gasteiger partial charge in [-0.25, -0.2) is 0 Å². The normalized spacial score (nSPS) is 15.6. The van der Waals surface area contributed by atoms with Crippen LogP contribution in [0.15, 0.2) is 47.0 Å². The summed E-state index contributed by atoms with van der Waals surface area (Å²) < 4.78 is 5.69. The van der Waals surface area contributed by atoms with E-state index in [1.54, 1.807) is 6.07 Å². The number of hydrogen-bond donors (Lipinski definition) is 2. The van der Waals surface area contributed by atoms with Crippen LogP contribution in [0.1, 0.15) is 28.8 Å². The lowest BCUT2D eigenvalue weighted by atomic mass is 10.0. The highest BCUT2D eigenvalue weighted by molar-refractivity contribution is 7.19. The van der Waals surface area contributed by atoms with Gasteiger partial charge in [0.15, 0.2) is 0 Å². The average Bonchev–Trinajstić information content (AvgIpc) is 3.29. The number of hydrogen-bond acceptors (Lipinski definition) is 6. The Kier molecular flexibility index (Phi) is 5.66.